The van der Waals surface area contributed by atoms with E-state index < -0.39 is 0 Å². The molecule has 3 rings (SSSR count). The van der Waals surface area contributed by atoms with Gasteiger partial charge in [0.1, 0.15) is 0 Å². The van der Waals surface area contributed by atoms with Gasteiger partial charge in [0.2, 0.25) is 0 Å². The summed E-state index contributed by atoms with van der Waals surface area (Å²) in [4.78, 5) is 12.6. The molecule has 1 atom stereocenters. The van der Waals surface area contributed by atoms with Crippen molar-refractivity contribution in [3.8, 4) is 0 Å². The van der Waals surface area contributed by atoms with Crippen LogP contribution in [0.3, 0.4) is 0 Å². The predicted octanol–water partition coefficient (Wildman–Crippen LogP) is 4.76. The molecule has 0 radical (unpaired) electrons. The highest BCUT2D eigenvalue weighted by Gasteiger charge is 2.29. The third-order valence-electron chi connectivity index (χ3n) is 3.87. The van der Waals surface area contributed by atoms with E-state index in [2.05, 4.69) is 6.92 Å². The molecule has 2 aromatic carbocycles. The number of Topliss-reactive ketones (excluding diaryl/α,β-unsaturated/α-hetero) is 1. The molecule has 0 aliphatic heterocycles. The average molecular weight is 274 g/mol. The van der Waals surface area contributed by atoms with E-state index in [9.17, 15) is 4.79 Å². The molecule has 1 unspecified atom stereocenters. The fraction of sp³-hybridized carbons (Fsp3) is 0.150. The molecule has 0 aromatic heterocycles. The molecule has 1 fully saturated rings. The van der Waals surface area contributed by atoms with Crippen molar-refractivity contribution >= 4 is 17.9 Å². The van der Waals surface area contributed by atoms with Crippen LogP contribution in [0.1, 0.15) is 24.5 Å². The van der Waals surface area contributed by atoms with Gasteiger partial charge in [0.25, 0.3) is 0 Å². The summed E-state index contributed by atoms with van der Waals surface area (Å²) < 4.78 is 0. The largest absolute Gasteiger partial charge is 0.289 e. The quantitative estimate of drug-likeness (QED) is 0.721. The topological polar surface area (TPSA) is 17.1 Å². The maximum atomic E-state index is 12.6. The van der Waals surface area contributed by atoms with Crippen LogP contribution in [0.4, 0.5) is 0 Å². The Kier molecular flexibility index (Phi) is 3.83. The van der Waals surface area contributed by atoms with E-state index in [1.54, 1.807) is 0 Å². The van der Waals surface area contributed by atoms with E-state index in [0.29, 0.717) is 0 Å². The standard InChI is InChI=1S/C20H18O/c1-15-12-18(13-16-8-4-2-5-9-16)20(21)19(15)14-17-10-6-3-7-11-17/h2-11,13-15H,12H2,1H3/b18-13+,19-14+. The van der Waals surface area contributed by atoms with Crippen LogP contribution >= 0.6 is 0 Å². The van der Waals surface area contributed by atoms with E-state index in [1.165, 1.54) is 0 Å². The van der Waals surface area contributed by atoms with Gasteiger partial charge < -0.3 is 0 Å². The molecular formula is C20H18O. The van der Waals surface area contributed by atoms with Crippen molar-refractivity contribution < 1.29 is 4.79 Å². The first-order chi connectivity index (χ1) is 10.2. The first-order valence-electron chi connectivity index (χ1n) is 7.31. The molecule has 0 bridgehead atoms. The number of rotatable bonds is 2. The Morgan fingerprint density at radius 3 is 1.95 bits per heavy atom. The van der Waals surface area contributed by atoms with Gasteiger partial charge in [-0.15, -0.1) is 0 Å². The van der Waals surface area contributed by atoms with Crippen LogP contribution < -0.4 is 0 Å². The summed E-state index contributed by atoms with van der Waals surface area (Å²) in [6, 6.07) is 20.1. The summed E-state index contributed by atoms with van der Waals surface area (Å²) in [5, 5.41) is 0. The number of carbonyl (C=O) groups is 1. The third-order valence-corrected chi connectivity index (χ3v) is 3.87. The molecule has 104 valence electrons. The van der Waals surface area contributed by atoms with E-state index in [4.69, 9.17) is 0 Å². The highest BCUT2D eigenvalue weighted by atomic mass is 16.1. The van der Waals surface area contributed by atoms with Crippen molar-refractivity contribution in [1.29, 1.82) is 0 Å². The first kappa shape index (κ1) is 13.6. The second-order valence-corrected chi connectivity index (χ2v) is 5.52. The van der Waals surface area contributed by atoms with E-state index in [-0.39, 0.29) is 11.7 Å². The second kappa shape index (κ2) is 5.92. The fourth-order valence-electron chi connectivity index (χ4n) is 2.75. The van der Waals surface area contributed by atoms with Crippen LogP contribution in [0.2, 0.25) is 0 Å². The summed E-state index contributed by atoms with van der Waals surface area (Å²) in [7, 11) is 0. The Labute approximate surface area is 125 Å². The predicted molar refractivity (Wildman–Crippen MR) is 87.6 cm³/mol. The number of benzene rings is 2. The number of ketones is 1. The highest BCUT2D eigenvalue weighted by molar-refractivity contribution is 6.16. The normalized spacial score (nSPS) is 22.1. The van der Waals surface area contributed by atoms with Crippen molar-refractivity contribution in [3.63, 3.8) is 0 Å². The minimum Gasteiger partial charge on any atom is -0.289 e. The molecule has 0 saturated heterocycles. The van der Waals surface area contributed by atoms with Crippen molar-refractivity contribution in [1.82, 2.24) is 0 Å². The number of hydrogen-bond donors (Lipinski definition) is 0. The molecule has 0 spiro atoms. The van der Waals surface area contributed by atoms with E-state index in [0.717, 1.165) is 28.7 Å². The van der Waals surface area contributed by atoms with Gasteiger partial charge in [0.05, 0.1) is 0 Å². The average Bonchev–Trinajstić information content (AvgIpc) is 2.77. The molecule has 1 heteroatoms. The Bertz CT molecular complexity index is 693. The molecule has 0 amide bonds. The van der Waals surface area contributed by atoms with Gasteiger partial charge in [-0.05, 0) is 35.6 Å². The minimum atomic E-state index is 0.190. The van der Waals surface area contributed by atoms with Gasteiger partial charge in [0.15, 0.2) is 5.78 Å². The Morgan fingerprint density at radius 2 is 1.38 bits per heavy atom. The van der Waals surface area contributed by atoms with Crippen molar-refractivity contribution in [3.05, 3.63) is 82.9 Å². The maximum absolute atomic E-state index is 12.6. The van der Waals surface area contributed by atoms with Gasteiger partial charge in [-0.3, -0.25) is 4.79 Å². The summed E-state index contributed by atoms with van der Waals surface area (Å²) in [5.41, 5.74) is 4.02. The fourth-order valence-corrected chi connectivity index (χ4v) is 2.75. The zero-order chi connectivity index (χ0) is 14.7. The monoisotopic (exact) mass is 274 g/mol. The van der Waals surface area contributed by atoms with Crippen LogP contribution in [-0.4, -0.2) is 5.78 Å². The van der Waals surface area contributed by atoms with Crippen LogP contribution in [0.25, 0.3) is 12.2 Å². The highest BCUT2D eigenvalue weighted by Crippen LogP contribution is 2.34. The first-order valence-corrected chi connectivity index (χ1v) is 7.31. The lowest BCUT2D eigenvalue weighted by molar-refractivity contribution is -0.111. The van der Waals surface area contributed by atoms with Gasteiger partial charge in [-0.25, -0.2) is 0 Å². The zero-order valence-electron chi connectivity index (χ0n) is 12.1. The molecule has 1 aliphatic rings. The molecular weight excluding hydrogens is 256 g/mol. The minimum absolute atomic E-state index is 0.190. The molecule has 0 N–H and O–H groups in total. The lowest BCUT2D eigenvalue weighted by Crippen LogP contribution is -1.98. The van der Waals surface area contributed by atoms with Gasteiger partial charge in [0, 0.05) is 11.1 Å². The lowest BCUT2D eigenvalue weighted by Gasteiger charge is -2.01. The van der Waals surface area contributed by atoms with E-state index >= 15 is 0 Å². The number of hydrogen-bond acceptors (Lipinski definition) is 1. The molecule has 21 heavy (non-hydrogen) atoms. The van der Waals surface area contributed by atoms with Crippen LogP contribution in [-0.2, 0) is 4.79 Å². The number of allylic oxidation sites excluding steroid dienone is 2. The van der Waals surface area contributed by atoms with Crippen LogP contribution in [0.5, 0.6) is 0 Å². The summed E-state index contributed by atoms with van der Waals surface area (Å²) >= 11 is 0. The Balaban J connectivity index is 1.91. The van der Waals surface area contributed by atoms with E-state index in [1.807, 2.05) is 72.8 Å². The molecule has 1 saturated carbocycles. The van der Waals surface area contributed by atoms with Crippen LogP contribution in [0, 0.1) is 5.92 Å². The SMILES string of the molecule is CC1C/C(=C\c2ccccc2)C(=O)/C1=C/c1ccccc1. The van der Waals surface area contributed by atoms with Gasteiger partial charge in [-0.2, -0.15) is 0 Å². The molecule has 1 nitrogen and oxygen atoms in total. The Morgan fingerprint density at radius 1 is 0.857 bits per heavy atom. The van der Waals surface area contributed by atoms with Gasteiger partial charge in [-0.1, -0.05) is 67.6 Å². The second-order valence-electron chi connectivity index (χ2n) is 5.52. The lowest BCUT2D eigenvalue weighted by atomic mass is 10.0. The van der Waals surface area contributed by atoms with Crippen molar-refractivity contribution in [2.24, 2.45) is 5.92 Å². The number of carbonyl (C=O) groups excluding carboxylic acids is 1. The smallest absolute Gasteiger partial charge is 0.185 e. The zero-order valence-corrected chi connectivity index (χ0v) is 12.1. The molecule has 0 heterocycles. The summed E-state index contributed by atoms with van der Waals surface area (Å²) in [6.07, 6.45) is 4.87. The van der Waals surface area contributed by atoms with Gasteiger partial charge >= 0.3 is 0 Å². The van der Waals surface area contributed by atoms with Crippen molar-refractivity contribution in [2.75, 3.05) is 0 Å². The summed E-state index contributed by atoms with van der Waals surface area (Å²) in [6.45, 7) is 2.12. The molecule has 1 aliphatic carbocycles. The maximum Gasteiger partial charge on any atom is 0.185 e. The third kappa shape index (κ3) is 3.03. The van der Waals surface area contributed by atoms with Crippen molar-refractivity contribution in [2.45, 2.75) is 13.3 Å². The summed E-state index contributed by atoms with van der Waals surface area (Å²) in [5.74, 6) is 0.475. The Hall–Kier alpha value is -2.41. The van der Waals surface area contributed by atoms with Crippen LogP contribution in [0.15, 0.2) is 71.8 Å². The molecule has 2 aromatic rings.